The first-order chi connectivity index (χ1) is 8.32. The fourth-order valence-electron chi connectivity index (χ4n) is 1.50. The molecule has 1 aromatic heterocycles. The minimum atomic E-state index is -0.984. The van der Waals surface area contributed by atoms with Gasteiger partial charge in [0.05, 0.1) is 4.92 Å². The number of carboxylic acid groups (broad SMARTS) is 1. The van der Waals surface area contributed by atoms with Crippen molar-refractivity contribution in [2.24, 2.45) is 5.92 Å². The van der Waals surface area contributed by atoms with Crippen molar-refractivity contribution in [2.45, 2.75) is 26.8 Å². The summed E-state index contributed by atoms with van der Waals surface area (Å²) in [7, 11) is 0. The number of nitrogens with one attached hydrogen (secondary N) is 1. The molecule has 0 aliphatic rings. The van der Waals surface area contributed by atoms with E-state index in [4.69, 9.17) is 5.11 Å². The highest BCUT2D eigenvalue weighted by atomic mass is 16.6. The Morgan fingerprint density at radius 2 is 2.11 bits per heavy atom. The topological polar surface area (TPSA) is 105 Å². The SMILES string of the molecule is Cc1nc(NC(C(=O)O)C(C)C)ccc1[N+](=O)[O-]. The van der Waals surface area contributed by atoms with E-state index in [0.717, 1.165) is 0 Å². The molecule has 2 N–H and O–H groups in total. The molecule has 0 saturated heterocycles. The fourth-order valence-corrected chi connectivity index (χ4v) is 1.50. The first kappa shape index (κ1) is 13.9. The lowest BCUT2D eigenvalue weighted by molar-refractivity contribution is -0.385. The van der Waals surface area contributed by atoms with Crippen molar-refractivity contribution in [1.82, 2.24) is 4.98 Å². The smallest absolute Gasteiger partial charge is 0.326 e. The van der Waals surface area contributed by atoms with Crippen LogP contribution in [0.2, 0.25) is 0 Å². The molecule has 0 aliphatic heterocycles. The Labute approximate surface area is 104 Å². The quantitative estimate of drug-likeness (QED) is 0.612. The van der Waals surface area contributed by atoms with Crippen LogP contribution in [0.5, 0.6) is 0 Å². The van der Waals surface area contributed by atoms with E-state index in [0.29, 0.717) is 5.82 Å². The number of aliphatic carboxylic acids is 1. The largest absolute Gasteiger partial charge is 0.480 e. The number of nitro groups is 1. The Morgan fingerprint density at radius 3 is 2.50 bits per heavy atom. The second-order valence-electron chi connectivity index (χ2n) is 4.26. The third kappa shape index (κ3) is 3.16. The first-order valence-electron chi connectivity index (χ1n) is 5.44. The summed E-state index contributed by atoms with van der Waals surface area (Å²) in [6.07, 6.45) is 0. The molecule has 0 aliphatic carbocycles. The summed E-state index contributed by atoms with van der Waals surface area (Å²) in [6.45, 7) is 5.04. The molecule has 0 aromatic carbocycles. The number of hydrogen-bond donors (Lipinski definition) is 2. The number of aromatic nitrogens is 1. The van der Waals surface area contributed by atoms with E-state index in [1.807, 2.05) is 0 Å². The van der Waals surface area contributed by atoms with E-state index in [1.165, 1.54) is 19.1 Å². The molecule has 0 radical (unpaired) electrons. The van der Waals surface area contributed by atoms with Gasteiger partial charge < -0.3 is 10.4 Å². The van der Waals surface area contributed by atoms with Gasteiger partial charge in [0.25, 0.3) is 5.69 Å². The van der Waals surface area contributed by atoms with E-state index in [-0.39, 0.29) is 17.3 Å². The van der Waals surface area contributed by atoms with Crippen LogP contribution in [0, 0.1) is 23.0 Å². The predicted octanol–water partition coefficient (Wildman–Crippen LogP) is 1.82. The number of carboxylic acids is 1. The number of hydrogen-bond acceptors (Lipinski definition) is 5. The molecular weight excluding hydrogens is 238 g/mol. The fraction of sp³-hybridized carbons (Fsp3) is 0.455. The summed E-state index contributed by atoms with van der Waals surface area (Å²) < 4.78 is 0. The summed E-state index contributed by atoms with van der Waals surface area (Å²) in [4.78, 5) is 25.1. The Kier molecular flexibility index (Phi) is 4.19. The van der Waals surface area contributed by atoms with Crippen LogP contribution in [-0.2, 0) is 4.79 Å². The molecule has 98 valence electrons. The van der Waals surface area contributed by atoms with Crippen LogP contribution >= 0.6 is 0 Å². The molecule has 1 heterocycles. The van der Waals surface area contributed by atoms with Crippen molar-refractivity contribution in [3.8, 4) is 0 Å². The van der Waals surface area contributed by atoms with Crippen molar-refractivity contribution in [3.63, 3.8) is 0 Å². The Hall–Kier alpha value is -2.18. The third-order valence-corrected chi connectivity index (χ3v) is 2.49. The van der Waals surface area contributed by atoms with E-state index < -0.39 is 16.9 Å². The average molecular weight is 253 g/mol. The second-order valence-corrected chi connectivity index (χ2v) is 4.26. The normalized spacial score (nSPS) is 12.2. The van der Waals surface area contributed by atoms with Crippen molar-refractivity contribution in [3.05, 3.63) is 27.9 Å². The van der Waals surface area contributed by atoms with Crippen molar-refractivity contribution in [2.75, 3.05) is 5.32 Å². The minimum absolute atomic E-state index is 0.0861. The Bertz CT molecular complexity index is 473. The molecule has 0 amide bonds. The molecule has 7 heteroatoms. The highest BCUT2D eigenvalue weighted by Gasteiger charge is 2.22. The van der Waals surface area contributed by atoms with E-state index in [1.54, 1.807) is 13.8 Å². The van der Waals surface area contributed by atoms with E-state index >= 15 is 0 Å². The summed E-state index contributed by atoms with van der Waals surface area (Å²) in [5.41, 5.74) is 0.162. The van der Waals surface area contributed by atoms with Crippen molar-refractivity contribution >= 4 is 17.5 Å². The zero-order valence-corrected chi connectivity index (χ0v) is 10.4. The maximum atomic E-state index is 11.0. The minimum Gasteiger partial charge on any atom is -0.480 e. The van der Waals surface area contributed by atoms with Gasteiger partial charge in [0, 0.05) is 6.07 Å². The highest BCUT2D eigenvalue weighted by molar-refractivity contribution is 5.77. The first-order valence-corrected chi connectivity index (χ1v) is 5.44. The average Bonchev–Trinajstić information content (AvgIpc) is 2.24. The summed E-state index contributed by atoms with van der Waals surface area (Å²) >= 11 is 0. The summed E-state index contributed by atoms with van der Waals surface area (Å²) in [5, 5.41) is 22.4. The lowest BCUT2D eigenvalue weighted by atomic mass is 10.1. The van der Waals surface area contributed by atoms with Crippen molar-refractivity contribution < 1.29 is 14.8 Å². The highest BCUT2D eigenvalue weighted by Crippen LogP contribution is 2.19. The molecule has 0 spiro atoms. The van der Waals surface area contributed by atoms with Gasteiger partial charge in [-0.05, 0) is 18.9 Å². The lowest BCUT2D eigenvalue weighted by Crippen LogP contribution is -2.34. The number of rotatable bonds is 5. The monoisotopic (exact) mass is 253 g/mol. The van der Waals surface area contributed by atoms with Gasteiger partial charge in [-0.2, -0.15) is 0 Å². The summed E-state index contributed by atoms with van der Waals surface area (Å²) in [5.74, 6) is -0.790. The van der Waals surface area contributed by atoms with Crippen LogP contribution in [0.25, 0.3) is 0 Å². The molecule has 18 heavy (non-hydrogen) atoms. The molecule has 0 saturated carbocycles. The van der Waals surface area contributed by atoms with Gasteiger partial charge in [0.2, 0.25) is 0 Å². The maximum absolute atomic E-state index is 11.0. The number of anilines is 1. The van der Waals surface area contributed by atoms with Crippen LogP contribution in [0.15, 0.2) is 12.1 Å². The molecule has 0 fully saturated rings. The molecular formula is C11H15N3O4. The maximum Gasteiger partial charge on any atom is 0.326 e. The number of nitrogens with zero attached hydrogens (tertiary/aromatic N) is 2. The zero-order valence-electron chi connectivity index (χ0n) is 10.4. The Balaban J connectivity index is 2.95. The van der Waals surface area contributed by atoms with Crippen molar-refractivity contribution in [1.29, 1.82) is 0 Å². The van der Waals surface area contributed by atoms with Crippen LogP contribution in [0.3, 0.4) is 0 Å². The Morgan fingerprint density at radius 1 is 1.50 bits per heavy atom. The predicted molar refractivity (Wildman–Crippen MR) is 65.5 cm³/mol. The van der Waals surface area contributed by atoms with Crippen LogP contribution in [0.1, 0.15) is 19.5 Å². The zero-order chi connectivity index (χ0) is 13.9. The van der Waals surface area contributed by atoms with Crippen LogP contribution in [0.4, 0.5) is 11.5 Å². The molecule has 0 bridgehead atoms. The van der Waals surface area contributed by atoms with Crippen LogP contribution in [-0.4, -0.2) is 27.0 Å². The standard InChI is InChI=1S/C11H15N3O4/c1-6(2)10(11(15)16)13-9-5-4-8(14(17)18)7(3)12-9/h4-6,10H,1-3H3,(H,12,13)(H,15,16). The lowest BCUT2D eigenvalue weighted by Gasteiger charge is -2.18. The molecule has 1 atom stereocenters. The molecule has 7 nitrogen and oxygen atoms in total. The van der Waals surface area contributed by atoms with Gasteiger partial charge in [0.1, 0.15) is 17.6 Å². The number of pyridine rings is 1. The molecule has 1 rings (SSSR count). The van der Waals surface area contributed by atoms with Gasteiger partial charge in [0.15, 0.2) is 0 Å². The second kappa shape index (κ2) is 5.44. The van der Waals surface area contributed by atoms with E-state index in [9.17, 15) is 14.9 Å². The molecule has 1 unspecified atom stereocenters. The van der Waals surface area contributed by atoms with E-state index in [2.05, 4.69) is 10.3 Å². The van der Waals surface area contributed by atoms with Gasteiger partial charge in [-0.1, -0.05) is 13.8 Å². The van der Waals surface area contributed by atoms with Gasteiger partial charge >= 0.3 is 5.97 Å². The van der Waals surface area contributed by atoms with Crippen LogP contribution < -0.4 is 5.32 Å². The number of aryl methyl sites for hydroxylation is 1. The van der Waals surface area contributed by atoms with Gasteiger partial charge in [-0.25, -0.2) is 9.78 Å². The third-order valence-electron chi connectivity index (χ3n) is 2.49. The van der Waals surface area contributed by atoms with Gasteiger partial charge in [-0.15, -0.1) is 0 Å². The number of carbonyl (C=O) groups is 1. The summed E-state index contributed by atoms with van der Waals surface area (Å²) in [6, 6.07) is 1.94. The van der Waals surface area contributed by atoms with Gasteiger partial charge in [-0.3, -0.25) is 10.1 Å². The molecule has 1 aromatic rings.